The number of nitrogens with one attached hydrogen (secondary N) is 1. The highest BCUT2D eigenvalue weighted by molar-refractivity contribution is 6.32. The third-order valence-electron chi connectivity index (χ3n) is 6.28. The molecule has 7 nitrogen and oxygen atoms in total. The number of hydrogen-bond donors (Lipinski definition) is 1. The van der Waals surface area contributed by atoms with Crippen LogP contribution in [0.15, 0.2) is 54.6 Å². The minimum atomic E-state index is -0.334. The first-order valence-corrected chi connectivity index (χ1v) is 13.5. The average Bonchev–Trinajstić information content (AvgIpc) is 3.31. The largest absolute Gasteiger partial charge is 0.383 e. The van der Waals surface area contributed by atoms with Gasteiger partial charge >= 0.3 is 0 Å². The number of carbonyl (C=O) groups is 2. The van der Waals surface area contributed by atoms with Crippen molar-refractivity contribution >= 4 is 29.2 Å². The van der Waals surface area contributed by atoms with Gasteiger partial charge < -0.3 is 15.0 Å². The van der Waals surface area contributed by atoms with Gasteiger partial charge in [0.05, 0.1) is 23.0 Å². The van der Waals surface area contributed by atoms with E-state index in [0.29, 0.717) is 28.7 Å². The second-order valence-electron chi connectivity index (χ2n) is 10.4. The van der Waals surface area contributed by atoms with Gasteiger partial charge in [0.1, 0.15) is 12.4 Å². The first-order chi connectivity index (χ1) is 18.1. The second-order valence-corrected chi connectivity index (χ2v) is 10.9. The lowest BCUT2D eigenvalue weighted by Crippen LogP contribution is -2.40. The molecular formula is C30H39ClN4O3. The molecule has 0 saturated heterocycles. The van der Waals surface area contributed by atoms with E-state index in [4.69, 9.17) is 21.4 Å². The summed E-state index contributed by atoms with van der Waals surface area (Å²) in [6, 6.07) is 16.8. The number of carbonyl (C=O) groups excluding carboxylic acids is 2. The molecule has 0 fully saturated rings. The Labute approximate surface area is 231 Å². The van der Waals surface area contributed by atoms with E-state index in [0.717, 1.165) is 18.5 Å². The molecule has 38 heavy (non-hydrogen) atoms. The smallest absolute Gasteiger partial charge is 0.254 e. The lowest BCUT2D eigenvalue weighted by molar-refractivity contribution is -0.117. The normalized spacial score (nSPS) is 11.4. The highest BCUT2D eigenvalue weighted by atomic mass is 35.5. The molecule has 0 aliphatic rings. The number of para-hydroxylation sites is 1. The van der Waals surface area contributed by atoms with Crippen LogP contribution in [0.3, 0.4) is 0 Å². The van der Waals surface area contributed by atoms with Crippen molar-refractivity contribution in [2.45, 2.75) is 58.8 Å². The van der Waals surface area contributed by atoms with Gasteiger partial charge in [-0.1, -0.05) is 76.4 Å². The molecule has 3 rings (SSSR count). The Morgan fingerprint density at radius 2 is 1.79 bits per heavy atom. The summed E-state index contributed by atoms with van der Waals surface area (Å²) in [5.74, 6) is -0.0600. The van der Waals surface area contributed by atoms with Crippen LogP contribution in [-0.2, 0) is 21.4 Å². The highest BCUT2D eigenvalue weighted by Crippen LogP contribution is 2.29. The fourth-order valence-corrected chi connectivity index (χ4v) is 4.24. The van der Waals surface area contributed by atoms with E-state index in [9.17, 15) is 9.59 Å². The summed E-state index contributed by atoms with van der Waals surface area (Å²) < 4.78 is 6.85. The topological polar surface area (TPSA) is 76.5 Å². The Morgan fingerprint density at radius 1 is 1.08 bits per heavy atom. The molecular weight excluding hydrogens is 500 g/mol. The molecule has 3 aromatic rings. The molecule has 1 aromatic heterocycles. The van der Waals surface area contributed by atoms with E-state index in [1.807, 2.05) is 48.5 Å². The second kappa shape index (κ2) is 13.6. The number of unbranched alkanes of at least 4 members (excludes halogenated alkanes) is 2. The molecule has 0 spiro atoms. The maximum absolute atomic E-state index is 13.3. The van der Waals surface area contributed by atoms with E-state index in [-0.39, 0.29) is 30.3 Å². The molecule has 0 saturated carbocycles. The van der Waals surface area contributed by atoms with Gasteiger partial charge in [-0.15, -0.1) is 0 Å². The summed E-state index contributed by atoms with van der Waals surface area (Å²) in [5.41, 5.74) is 2.98. The Morgan fingerprint density at radius 3 is 2.42 bits per heavy atom. The third-order valence-corrected chi connectivity index (χ3v) is 6.60. The van der Waals surface area contributed by atoms with Crippen LogP contribution in [-0.4, -0.2) is 53.3 Å². The predicted octanol–water partition coefficient (Wildman–Crippen LogP) is 6.28. The Balaban J connectivity index is 1.79. The number of benzene rings is 2. The predicted molar refractivity (Wildman–Crippen MR) is 153 cm³/mol. The van der Waals surface area contributed by atoms with Gasteiger partial charge in [0.25, 0.3) is 5.91 Å². The van der Waals surface area contributed by atoms with E-state index >= 15 is 0 Å². The minimum absolute atomic E-state index is 0.126. The minimum Gasteiger partial charge on any atom is -0.383 e. The average molecular weight is 539 g/mol. The number of ether oxygens (including phenoxy) is 1. The van der Waals surface area contributed by atoms with Gasteiger partial charge in [-0.2, -0.15) is 5.10 Å². The van der Waals surface area contributed by atoms with Gasteiger partial charge in [0, 0.05) is 30.7 Å². The fraction of sp³-hybridized carbons (Fsp3) is 0.433. The van der Waals surface area contributed by atoms with Crippen molar-refractivity contribution in [1.82, 2.24) is 14.7 Å². The zero-order valence-electron chi connectivity index (χ0n) is 23.1. The van der Waals surface area contributed by atoms with Crippen LogP contribution in [0.4, 0.5) is 5.82 Å². The molecule has 8 heteroatoms. The molecule has 0 aliphatic heterocycles. The number of rotatable bonds is 12. The summed E-state index contributed by atoms with van der Waals surface area (Å²) in [5, 5.41) is 8.19. The molecule has 1 N–H and O–H groups in total. The standard InChI is InChI=1S/C30H39ClN4O3/c1-6-7-8-11-22-14-16-23(17-15-22)29(37)34(18-19-38-5)21-28(36)32-27-20-26(30(2,3)4)33-35(27)25-13-10-9-12-24(25)31/h9-10,12-17,20H,6-8,11,18-19,21H2,1-5H3,(H,32,36). The van der Waals surface area contributed by atoms with Gasteiger partial charge in [0.2, 0.25) is 5.91 Å². The van der Waals surface area contributed by atoms with Crippen molar-refractivity contribution in [2.24, 2.45) is 0 Å². The van der Waals surface area contributed by atoms with Crippen molar-refractivity contribution < 1.29 is 14.3 Å². The number of nitrogens with zero attached hydrogens (tertiary/aromatic N) is 3. The van der Waals surface area contributed by atoms with Crippen molar-refractivity contribution in [3.05, 3.63) is 76.4 Å². The zero-order chi connectivity index (χ0) is 27.7. The van der Waals surface area contributed by atoms with Crippen LogP contribution in [0.2, 0.25) is 5.02 Å². The van der Waals surface area contributed by atoms with Gasteiger partial charge in [-0.05, 0) is 42.7 Å². The molecule has 204 valence electrons. The fourth-order valence-electron chi connectivity index (χ4n) is 4.03. The van der Waals surface area contributed by atoms with Crippen LogP contribution in [0.5, 0.6) is 0 Å². The summed E-state index contributed by atoms with van der Waals surface area (Å²) in [6.07, 6.45) is 4.48. The summed E-state index contributed by atoms with van der Waals surface area (Å²) in [7, 11) is 1.57. The Kier molecular flexibility index (Phi) is 10.5. The van der Waals surface area contributed by atoms with Gasteiger partial charge in [-0.3, -0.25) is 9.59 Å². The summed E-state index contributed by atoms with van der Waals surface area (Å²) >= 11 is 6.45. The van der Waals surface area contributed by atoms with Crippen LogP contribution in [0.1, 0.15) is 68.6 Å². The number of anilines is 1. The first kappa shape index (κ1) is 29.4. The highest BCUT2D eigenvalue weighted by Gasteiger charge is 2.24. The van der Waals surface area contributed by atoms with Crippen LogP contribution < -0.4 is 5.32 Å². The van der Waals surface area contributed by atoms with Gasteiger partial charge in [0.15, 0.2) is 0 Å². The number of methoxy groups -OCH3 is 1. The quantitative estimate of drug-likeness (QED) is 0.275. The van der Waals surface area contributed by atoms with Crippen molar-refractivity contribution in [3.63, 3.8) is 0 Å². The monoisotopic (exact) mass is 538 g/mol. The van der Waals surface area contributed by atoms with E-state index < -0.39 is 0 Å². The molecule has 2 amide bonds. The molecule has 0 aliphatic carbocycles. The van der Waals surface area contributed by atoms with Crippen LogP contribution in [0, 0.1) is 0 Å². The third kappa shape index (κ3) is 7.92. The number of halogens is 1. The summed E-state index contributed by atoms with van der Waals surface area (Å²) in [4.78, 5) is 28.1. The lowest BCUT2D eigenvalue weighted by atomic mass is 9.92. The molecule has 0 atom stereocenters. The maximum Gasteiger partial charge on any atom is 0.254 e. The van der Waals surface area contributed by atoms with E-state index in [2.05, 4.69) is 33.0 Å². The van der Waals surface area contributed by atoms with Crippen LogP contribution >= 0.6 is 11.6 Å². The van der Waals surface area contributed by atoms with Crippen LogP contribution in [0.25, 0.3) is 5.69 Å². The summed E-state index contributed by atoms with van der Waals surface area (Å²) in [6.45, 7) is 8.83. The van der Waals surface area contributed by atoms with Crippen molar-refractivity contribution in [3.8, 4) is 5.69 Å². The maximum atomic E-state index is 13.3. The SMILES string of the molecule is CCCCCc1ccc(C(=O)N(CCOC)CC(=O)Nc2cc(C(C)(C)C)nn2-c2ccccc2Cl)cc1. The lowest BCUT2D eigenvalue weighted by Gasteiger charge is -2.22. The van der Waals surface area contributed by atoms with Crippen molar-refractivity contribution in [1.29, 1.82) is 0 Å². The number of aromatic nitrogens is 2. The molecule has 1 heterocycles. The Bertz CT molecular complexity index is 1210. The van der Waals surface area contributed by atoms with E-state index in [1.165, 1.54) is 23.3 Å². The molecule has 0 radical (unpaired) electrons. The number of aryl methyl sites for hydroxylation is 1. The molecule has 2 aromatic carbocycles. The Hall–Kier alpha value is -3.16. The first-order valence-electron chi connectivity index (χ1n) is 13.2. The van der Waals surface area contributed by atoms with E-state index in [1.54, 1.807) is 17.9 Å². The van der Waals surface area contributed by atoms with Gasteiger partial charge in [-0.25, -0.2) is 4.68 Å². The van der Waals surface area contributed by atoms with Crippen molar-refractivity contribution in [2.75, 3.05) is 32.1 Å². The number of amides is 2. The molecule has 0 bridgehead atoms. The number of hydrogen-bond acceptors (Lipinski definition) is 4. The molecule has 0 unspecified atom stereocenters. The zero-order valence-corrected chi connectivity index (χ0v) is 23.8.